The summed E-state index contributed by atoms with van der Waals surface area (Å²) in [4.78, 5) is 0. The monoisotopic (exact) mass is 808 g/mol. The Hall–Kier alpha value is -8.04. The van der Waals surface area contributed by atoms with E-state index in [-0.39, 0.29) is 5.41 Å². The fourth-order valence-electron chi connectivity index (χ4n) is 7.76. The van der Waals surface area contributed by atoms with Gasteiger partial charge in [0, 0.05) is 22.3 Å². The zero-order valence-electron chi connectivity index (χ0n) is 34.9. The van der Waals surface area contributed by atoms with Crippen LogP contribution in [0.1, 0.15) is 26.3 Å². The molecule has 0 saturated heterocycles. The van der Waals surface area contributed by atoms with Crippen LogP contribution < -0.4 is 4.74 Å². The average molecular weight is 809 g/mol. The van der Waals surface area contributed by atoms with Crippen molar-refractivity contribution in [2.24, 2.45) is 0 Å². The number of H-pyrrole nitrogens is 4. The molecule has 0 saturated carbocycles. The Kier molecular flexibility index (Phi) is 9.76. The second-order valence-corrected chi connectivity index (χ2v) is 16.6. The van der Waals surface area contributed by atoms with Crippen molar-refractivity contribution in [3.63, 3.8) is 0 Å². The third-order valence-corrected chi connectivity index (χ3v) is 11.3. The van der Waals surface area contributed by atoms with Gasteiger partial charge in [0.2, 0.25) is 0 Å². The lowest BCUT2D eigenvalue weighted by Gasteiger charge is -2.20. The molecule has 0 bridgehead atoms. The first-order valence-corrected chi connectivity index (χ1v) is 20.6. The highest BCUT2D eigenvalue weighted by Gasteiger charge is 2.19. The van der Waals surface area contributed by atoms with Crippen LogP contribution in [0.5, 0.6) is 5.75 Å². The van der Waals surface area contributed by atoms with Gasteiger partial charge in [0.25, 0.3) is 0 Å². The summed E-state index contributed by atoms with van der Waals surface area (Å²) in [6.45, 7) is 6.70. The van der Waals surface area contributed by atoms with Gasteiger partial charge in [-0.2, -0.15) is 20.4 Å². The maximum Gasteiger partial charge on any atom is 0.120 e. The summed E-state index contributed by atoms with van der Waals surface area (Å²) in [6.07, 6.45) is 0. The van der Waals surface area contributed by atoms with Crippen LogP contribution in [0, 0.1) is 0 Å². The number of nitrogens with one attached hydrogen (secondary N) is 4. The van der Waals surface area contributed by atoms with Gasteiger partial charge in [0.1, 0.15) is 5.75 Å². The Morgan fingerprint density at radius 1 is 0.339 bits per heavy atom. The van der Waals surface area contributed by atoms with Crippen LogP contribution in [0.2, 0.25) is 0 Å². The Bertz CT molecular complexity index is 3130. The molecule has 62 heavy (non-hydrogen) atoms. The zero-order chi connectivity index (χ0) is 42.2. The molecule has 10 aromatic rings. The van der Waals surface area contributed by atoms with Crippen molar-refractivity contribution in [1.29, 1.82) is 0 Å². The highest BCUT2D eigenvalue weighted by molar-refractivity contribution is 5.79. The van der Waals surface area contributed by atoms with Crippen molar-refractivity contribution in [3.05, 3.63) is 175 Å². The predicted octanol–water partition coefficient (Wildman–Crippen LogP) is 12.9. The molecule has 0 radical (unpaired) electrons. The third-order valence-electron chi connectivity index (χ3n) is 11.3. The number of ether oxygens (including phenoxy) is 1. The minimum atomic E-state index is -0.0607. The number of benzene rings is 6. The van der Waals surface area contributed by atoms with Gasteiger partial charge < -0.3 is 4.74 Å². The molecule has 0 fully saturated rings. The van der Waals surface area contributed by atoms with E-state index >= 15 is 0 Å². The summed E-state index contributed by atoms with van der Waals surface area (Å²) in [5, 5.41) is 31.7. The van der Waals surface area contributed by atoms with E-state index < -0.39 is 0 Å². The molecule has 6 aromatic carbocycles. The first kappa shape index (κ1) is 38.2. The maximum absolute atomic E-state index is 5.69. The number of rotatable bonds is 10. The summed E-state index contributed by atoms with van der Waals surface area (Å²) in [5.41, 5.74) is 18.9. The number of methoxy groups -OCH3 is 1. The first-order chi connectivity index (χ1) is 30.2. The number of hydrogen-bond acceptors (Lipinski definition) is 5. The molecule has 0 unspecified atom stereocenters. The quantitative estimate of drug-likeness (QED) is 0.110. The van der Waals surface area contributed by atoms with Gasteiger partial charge in [-0.25, -0.2) is 0 Å². The normalized spacial score (nSPS) is 11.5. The highest BCUT2D eigenvalue weighted by Crippen LogP contribution is 2.36. The maximum atomic E-state index is 5.69. The van der Waals surface area contributed by atoms with E-state index in [1.807, 2.05) is 48.5 Å². The molecule has 0 aliphatic rings. The standard InChI is InChI=1S/C53H44N8O/c1-53(2,3)43-25-39(49-29-45(54-58-49)35-11-7-5-8-12-35)23-40(26-43)50-31-47(56-59-50)37-19-15-33(16-20-37)34-17-21-38(22-18-34)48-32-52(61-57-48)42-24-41(27-44(28-42)62-4)51-30-46(55-60-51)36-13-9-6-10-14-36/h5-32H,1-4H3,(H,54,58)(H,55,60)(H,56,59)(H,57,61). The largest absolute Gasteiger partial charge is 0.497 e. The molecule has 0 amide bonds. The molecule has 0 aliphatic carbocycles. The van der Waals surface area contributed by atoms with Crippen LogP contribution in [-0.2, 0) is 5.41 Å². The van der Waals surface area contributed by atoms with Crippen LogP contribution in [0.25, 0.3) is 101 Å². The molecule has 0 aliphatic heterocycles. The van der Waals surface area contributed by atoms with Gasteiger partial charge in [-0.1, -0.05) is 130 Å². The first-order valence-electron chi connectivity index (χ1n) is 20.6. The van der Waals surface area contributed by atoms with Crippen molar-refractivity contribution in [3.8, 4) is 107 Å². The number of aromatic amines is 4. The molecule has 4 aromatic heterocycles. The molecule has 10 rings (SSSR count). The molecule has 0 atom stereocenters. The molecule has 4 N–H and O–H groups in total. The summed E-state index contributed by atoms with van der Waals surface area (Å²) in [6, 6.07) is 58.7. The highest BCUT2D eigenvalue weighted by atomic mass is 16.5. The van der Waals surface area contributed by atoms with Crippen LogP contribution in [0.15, 0.2) is 170 Å². The number of hydrogen-bond donors (Lipinski definition) is 4. The molecule has 4 heterocycles. The SMILES string of the molecule is COc1cc(-c2cc(-c3ccccc3)[nH]n2)cc(-c2cc(-c3ccc(-c4ccc(-c5cc(-c6cc(-c7cc(-c8ccccc8)[nH]n7)cc(C(C)(C)C)c6)n[nH]5)cc4)cc3)[nH]n2)c1. The Morgan fingerprint density at radius 3 is 0.968 bits per heavy atom. The van der Waals surface area contributed by atoms with Gasteiger partial charge >= 0.3 is 0 Å². The minimum Gasteiger partial charge on any atom is -0.497 e. The van der Waals surface area contributed by atoms with Crippen molar-refractivity contribution in [2.45, 2.75) is 26.2 Å². The van der Waals surface area contributed by atoms with Gasteiger partial charge in [0.05, 0.1) is 52.7 Å². The third kappa shape index (κ3) is 7.75. The summed E-state index contributed by atoms with van der Waals surface area (Å²) >= 11 is 0. The minimum absolute atomic E-state index is 0.0607. The van der Waals surface area contributed by atoms with E-state index in [1.165, 1.54) is 5.56 Å². The second-order valence-electron chi connectivity index (χ2n) is 16.6. The molecule has 9 nitrogen and oxygen atoms in total. The van der Waals surface area contributed by atoms with E-state index in [9.17, 15) is 0 Å². The smallest absolute Gasteiger partial charge is 0.120 e. The van der Waals surface area contributed by atoms with E-state index in [0.717, 1.165) is 107 Å². The molecular formula is C53H44N8O. The van der Waals surface area contributed by atoms with Gasteiger partial charge in [-0.15, -0.1) is 0 Å². The lowest BCUT2D eigenvalue weighted by molar-refractivity contribution is 0.415. The van der Waals surface area contributed by atoms with E-state index in [2.05, 4.69) is 173 Å². The van der Waals surface area contributed by atoms with Crippen LogP contribution in [-0.4, -0.2) is 47.9 Å². The molecule has 9 heteroatoms. The Labute approximate surface area is 359 Å². The van der Waals surface area contributed by atoms with Gasteiger partial charge in [0.15, 0.2) is 0 Å². The number of aromatic nitrogens is 8. The summed E-state index contributed by atoms with van der Waals surface area (Å²) in [5.74, 6) is 0.735. The molecule has 0 spiro atoms. The van der Waals surface area contributed by atoms with E-state index in [4.69, 9.17) is 14.9 Å². The molecule has 302 valence electrons. The second kappa shape index (κ2) is 15.9. The Morgan fingerprint density at radius 2 is 0.645 bits per heavy atom. The fourth-order valence-corrected chi connectivity index (χ4v) is 7.76. The van der Waals surface area contributed by atoms with Crippen molar-refractivity contribution in [2.75, 3.05) is 7.11 Å². The summed E-state index contributed by atoms with van der Waals surface area (Å²) in [7, 11) is 1.68. The van der Waals surface area contributed by atoms with Crippen molar-refractivity contribution in [1.82, 2.24) is 40.8 Å². The van der Waals surface area contributed by atoms with Gasteiger partial charge in [-0.3, -0.25) is 20.4 Å². The van der Waals surface area contributed by atoms with Crippen LogP contribution >= 0.6 is 0 Å². The lowest BCUT2D eigenvalue weighted by atomic mass is 9.84. The van der Waals surface area contributed by atoms with E-state index in [0.29, 0.717) is 0 Å². The average Bonchev–Trinajstić information content (AvgIpc) is 4.17. The van der Waals surface area contributed by atoms with Crippen LogP contribution in [0.3, 0.4) is 0 Å². The molecular weight excluding hydrogens is 765 g/mol. The fraction of sp³-hybridized carbons (Fsp3) is 0.0943. The lowest BCUT2D eigenvalue weighted by Crippen LogP contribution is -2.11. The topological polar surface area (TPSA) is 124 Å². The summed E-state index contributed by atoms with van der Waals surface area (Å²) < 4.78 is 5.69. The Balaban J connectivity index is 0.854. The van der Waals surface area contributed by atoms with Crippen LogP contribution in [0.4, 0.5) is 0 Å². The van der Waals surface area contributed by atoms with Gasteiger partial charge in [-0.05, 0) is 105 Å². The zero-order valence-corrected chi connectivity index (χ0v) is 34.9. The predicted molar refractivity (Wildman–Crippen MR) is 249 cm³/mol. The van der Waals surface area contributed by atoms with Crippen molar-refractivity contribution >= 4 is 0 Å². The van der Waals surface area contributed by atoms with E-state index in [1.54, 1.807) is 7.11 Å². The number of nitrogens with zero attached hydrogens (tertiary/aromatic N) is 4. The van der Waals surface area contributed by atoms with Crippen molar-refractivity contribution < 1.29 is 4.74 Å².